The third-order valence-electron chi connectivity index (χ3n) is 3.35. The number of imidazole rings is 1. The Labute approximate surface area is 116 Å². The number of fused-ring (bicyclic) bond motifs is 1. The van der Waals surface area contributed by atoms with E-state index in [9.17, 15) is 5.11 Å². The van der Waals surface area contributed by atoms with Gasteiger partial charge in [-0.25, -0.2) is 4.98 Å². The molecule has 0 amide bonds. The van der Waals surface area contributed by atoms with Gasteiger partial charge in [-0.2, -0.15) is 0 Å². The molecule has 5 nitrogen and oxygen atoms in total. The van der Waals surface area contributed by atoms with Crippen LogP contribution in [0.2, 0.25) is 0 Å². The number of hydrogen-bond donors (Lipinski definition) is 2. The number of rotatable bonds is 4. The molecule has 0 aliphatic rings. The van der Waals surface area contributed by atoms with E-state index in [-0.39, 0.29) is 6.61 Å². The van der Waals surface area contributed by atoms with Crippen LogP contribution in [0.1, 0.15) is 16.8 Å². The van der Waals surface area contributed by atoms with Crippen molar-refractivity contribution in [2.75, 3.05) is 5.32 Å². The van der Waals surface area contributed by atoms with Gasteiger partial charge in [0.2, 0.25) is 0 Å². The summed E-state index contributed by atoms with van der Waals surface area (Å²) in [5.41, 5.74) is 4.87. The first kappa shape index (κ1) is 12.6. The predicted molar refractivity (Wildman–Crippen MR) is 77.4 cm³/mol. The van der Waals surface area contributed by atoms with Gasteiger partial charge in [-0.15, -0.1) is 0 Å². The SMILES string of the molecule is Cc1cccn2c(CNc3cnccc3CO)cnc12. The summed E-state index contributed by atoms with van der Waals surface area (Å²) in [5, 5.41) is 12.6. The largest absolute Gasteiger partial charge is 0.392 e. The highest BCUT2D eigenvalue weighted by Crippen LogP contribution is 2.16. The molecule has 0 aliphatic heterocycles. The highest BCUT2D eigenvalue weighted by Gasteiger charge is 2.06. The molecule has 0 radical (unpaired) electrons. The van der Waals surface area contributed by atoms with Crippen LogP contribution in [0.3, 0.4) is 0 Å². The lowest BCUT2D eigenvalue weighted by Crippen LogP contribution is -2.05. The van der Waals surface area contributed by atoms with Crippen molar-refractivity contribution >= 4 is 11.3 Å². The lowest BCUT2D eigenvalue weighted by Gasteiger charge is -2.09. The highest BCUT2D eigenvalue weighted by molar-refractivity contribution is 5.51. The van der Waals surface area contributed by atoms with Crippen LogP contribution in [-0.4, -0.2) is 19.5 Å². The number of nitrogens with one attached hydrogen (secondary N) is 1. The Morgan fingerprint density at radius 2 is 2.20 bits per heavy atom. The van der Waals surface area contributed by atoms with Crippen molar-refractivity contribution in [1.29, 1.82) is 0 Å². The summed E-state index contributed by atoms with van der Waals surface area (Å²) in [6.07, 6.45) is 7.27. The molecule has 0 aliphatic carbocycles. The standard InChI is InChI=1S/C15H16N4O/c1-11-3-2-6-19-13(8-18-15(11)19)7-17-14-9-16-5-4-12(14)10-20/h2-6,8-9,17,20H,7,10H2,1H3. The minimum absolute atomic E-state index is 0.00286. The van der Waals surface area contributed by atoms with Crippen LogP contribution >= 0.6 is 0 Å². The Bertz CT molecular complexity index is 736. The topological polar surface area (TPSA) is 62.5 Å². The van der Waals surface area contributed by atoms with Gasteiger partial charge in [0.25, 0.3) is 0 Å². The van der Waals surface area contributed by atoms with Crippen molar-refractivity contribution in [2.45, 2.75) is 20.1 Å². The number of aliphatic hydroxyl groups is 1. The normalized spacial score (nSPS) is 10.9. The maximum absolute atomic E-state index is 9.30. The van der Waals surface area contributed by atoms with Gasteiger partial charge in [-0.3, -0.25) is 4.98 Å². The molecule has 3 heterocycles. The molecule has 0 saturated heterocycles. The van der Waals surface area contributed by atoms with E-state index >= 15 is 0 Å². The first-order chi connectivity index (χ1) is 9.79. The number of pyridine rings is 2. The van der Waals surface area contributed by atoms with Crippen LogP contribution in [0.15, 0.2) is 43.0 Å². The molecule has 20 heavy (non-hydrogen) atoms. The molecule has 0 aromatic carbocycles. The van der Waals surface area contributed by atoms with Crippen LogP contribution in [0.5, 0.6) is 0 Å². The van der Waals surface area contributed by atoms with Crippen molar-refractivity contribution in [3.63, 3.8) is 0 Å². The second-order valence-corrected chi connectivity index (χ2v) is 4.68. The number of anilines is 1. The first-order valence-corrected chi connectivity index (χ1v) is 6.49. The van der Waals surface area contributed by atoms with Gasteiger partial charge in [0.05, 0.1) is 36.9 Å². The maximum Gasteiger partial charge on any atom is 0.139 e. The summed E-state index contributed by atoms with van der Waals surface area (Å²) < 4.78 is 2.07. The molecule has 0 spiro atoms. The summed E-state index contributed by atoms with van der Waals surface area (Å²) in [4.78, 5) is 8.50. The van der Waals surface area contributed by atoms with E-state index < -0.39 is 0 Å². The molecule has 102 valence electrons. The molecule has 0 bridgehead atoms. The number of nitrogens with zero attached hydrogens (tertiary/aromatic N) is 3. The molecular weight excluding hydrogens is 252 g/mol. The average molecular weight is 268 g/mol. The fraction of sp³-hybridized carbons (Fsp3) is 0.200. The van der Waals surface area contributed by atoms with Crippen LogP contribution in [0.25, 0.3) is 5.65 Å². The Kier molecular flexibility index (Phi) is 3.35. The van der Waals surface area contributed by atoms with E-state index in [0.29, 0.717) is 6.54 Å². The molecule has 3 aromatic heterocycles. The summed E-state index contributed by atoms with van der Waals surface area (Å²) in [6, 6.07) is 5.86. The molecule has 0 unspecified atom stereocenters. The number of aryl methyl sites for hydroxylation is 1. The monoisotopic (exact) mass is 268 g/mol. The fourth-order valence-electron chi connectivity index (χ4n) is 2.24. The van der Waals surface area contributed by atoms with Crippen molar-refractivity contribution < 1.29 is 5.11 Å². The molecule has 2 N–H and O–H groups in total. The van der Waals surface area contributed by atoms with Crippen LogP contribution in [-0.2, 0) is 13.2 Å². The van der Waals surface area contributed by atoms with Gasteiger partial charge in [0.15, 0.2) is 0 Å². The molecule has 0 fully saturated rings. The number of aromatic nitrogens is 3. The maximum atomic E-state index is 9.30. The second-order valence-electron chi connectivity index (χ2n) is 4.68. The molecule has 0 saturated carbocycles. The van der Waals surface area contributed by atoms with Gasteiger partial charge < -0.3 is 14.8 Å². The molecule has 5 heteroatoms. The number of hydrogen-bond acceptors (Lipinski definition) is 4. The zero-order chi connectivity index (χ0) is 13.9. The zero-order valence-electron chi connectivity index (χ0n) is 11.2. The van der Waals surface area contributed by atoms with Crippen LogP contribution in [0, 0.1) is 6.92 Å². The van der Waals surface area contributed by atoms with E-state index in [0.717, 1.165) is 28.2 Å². The van der Waals surface area contributed by atoms with E-state index in [2.05, 4.69) is 19.7 Å². The number of aliphatic hydroxyl groups excluding tert-OH is 1. The summed E-state index contributed by atoms with van der Waals surface area (Å²) >= 11 is 0. The minimum atomic E-state index is -0.00286. The summed E-state index contributed by atoms with van der Waals surface area (Å²) in [5.74, 6) is 0. The van der Waals surface area contributed by atoms with E-state index in [1.54, 1.807) is 18.5 Å². The first-order valence-electron chi connectivity index (χ1n) is 6.49. The molecule has 3 rings (SSSR count). The third-order valence-corrected chi connectivity index (χ3v) is 3.35. The predicted octanol–water partition coefficient (Wildman–Crippen LogP) is 2.14. The molecule has 3 aromatic rings. The lowest BCUT2D eigenvalue weighted by molar-refractivity contribution is 0.282. The van der Waals surface area contributed by atoms with Gasteiger partial charge in [-0.1, -0.05) is 6.07 Å². The van der Waals surface area contributed by atoms with Crippen molar-refractivity contribution in [3.05, 3.63) is 59.8 Å². The Morgan fingerprint density at radius 1 is 1.30 bits per heavy atom. The Hall–Kier alpha value is -2.40. The summed E-state index contributed by atoms with van der Waals surface area (Å²) in [6.45, 7) is 2.67. The zero-order valence-corrected chi connectivity index (χ0v) is 11.2. The van der Waals surface area contributed by atoms with E-state index in [4.69, 9.17) is 0 Å². The van der Waals surface area contributed by atoms with Crippen molar-refractivity contribution in [2.24, 2.45) is 0 Å². The summed E-state index contributed by atoms with van der Waals surface area (Å²) in [7, 11) is 0. The minimum Gasteiger partial charge on any atom is -0.392 e. The quantitative estimate of drug-likeness (QED) is 0.761. The van der Waals surface area contributed by atoms with Crippen molar-refractivity contribution in [1.82, 2.24) is 14.4 Å². The van der Waals surface area contributed by atoms with Gasteiger partial charge in [0.1, 0.15) is 5.65 Å². The van der Waals surface area contributed by atoms with E-state index in [1.807, 2.05) is 31.5 Å². The van der Waals surface area contributed by atoms with Gasteiger partial charge in [-0.05, 0) is 24.6 Å². The fourth-order valence-corrected chi connectivity index (χ4v) is 2.24. The van der Waals surface area contributed by atoms with E-state index in [1.165, 1.54) is 0 Å². The van der Waals surface area contributed by atoms with Gasteiger partial charge >= 0.3 is 0 Å². The Balaban J connectivity index is 1.85. The van der Waals surface area contributed by atoms with Gasteiger partial charge in [0, 0.05) is 18.0 Å². The average Bonchev–Trinajstić information content (AvgIpc) is 2.90. The smallest absolute Gasteiger partial charge is 0.139 e. The van der Waals surface area contributed by atoms with Crippen LogP contribution < -0.4 is 5.32 Å². The third kappa shape index (κ3) is 2.23. The lowest BCUT2D eigenvalue weighted by atomic mass is 10.2. The van der Waals surface area contributed by atoms with Crippen molar-refractivity contribution in [3.8, 4) is 0 Å². The molecule has 0 atom stereocenters. The molecular formula is C15H16N4O. The van der Waals surface area contributed by atoms with Crippen LogP contribution in [0.4, 0.5) is 5.69 Å². The Morgan fingerprint density at radius 3 is 3.05 bits per heavy atom. The second kappa shape index (κ2) is 5.30. The highest BCUT2D eigenvalue weighted by atomic mass is 16.3.